The van der Waals surface area contributed by atoms with E-state index in [1.165, 1.54) is 6.92 Å². The zero-order valence-electron chi connectivity index (χ0n) is 11.0. The smallest absolute Gasteiger partial charge is 0.217 e. The van der Waals surface area contributed by atoms with Crippen LogP contribution in [0.3, 0.4) is 0 Å². The summed E-state index contributed by atoms with van der Waals surface area (Å²) in [6.07, 6.45) is 1.71. The van der Waals surface area contributed by atoms with Crippen LogP contribution in [-0.4, -0.2) is 18.0 Å². The lowest BCUT2D eigenvalue weighted by atomic mass is 10.0. The van der Waals surface area contributed by atoms with Crippen molar-refractivity contribution in [1.82, 2.24) is 10.3 Å². The number of carbonyl (C=O) groups is 1. The molecule has 19 heavy (non-hydrogen) atoms. The van der Waals surface area contributed by atoms with Crippen molar-refractivity contribution in [2.45, 2.75) is 13.0 Å². The molecule has 0 fully saturated rings. The minimum atomic E-state index is -0.310. The molecule has 0 saturated heterocycles. The Hall–Kier alpha value is -2.36. The third-order valence-corrected chi connectivity index (χ3v) is 2.78. The largest absolute Gasteiger partial charge is 0.496 e. The highest BCUT2D eigenvalue weighted by Gasteiger charge is 2.19. The monoisotopic (exact) mass is 256 g/mol. The van der Waals surface area contributed by atoms with Crippen molar-refractivity contribution >= 4 is 5.91 Å². The van der Waals surface area contributed by atoms with Gasteiger partial charge in [-0.1, -0.05) is 24.3 Å². The number of benzene rings is 1. The molecular weight excluding hydrogens is 240 g/mol. The molecule has 0 aliphatic carbocycles. The Morgan fingerprint density at radius 3 is 2.58 bits per heavy atom. The molecule has 1 N–H and O–H groups in total. The van der Waals surface area contributed by atoms with Crippen molar-refractivity contribution in [3.8, 4) is 5.75 Å². The first kappa shape index (κ1) is 13.1. The lowest BCUT2D eigenvalue weighted by Crippen LogP contribution is -2.27. The normalized spacial score (nSPS) is 11.7. The minimum absolute atomic E-state index is 0.110. The highest BCUT2D eigenvalue weighted by atomic mass is 16.5. The number of aromatic nitrogens is 1. The third-order valence-electron chi connectivity index (χ3n) is 2.78. The van der Waals surface area contributed by atoms with Gasteiger partial charge in [-0.2, -0.15) is 0 Å². The zero-order valence-corrected chi connectivity index (χ0v) is 11.0. The van der Waals surface area contributed by atoms with Crippen LogP contribution in [0.2, 0.25) is 0 Å². The molecule has 1 unspecified atom stereocenters. The number of ether oxygens (including phenoxy) is 1. The molecule has 0 aliphatic rings. The fraction of sp³-hybridized carbons (Fsp3) is 0.200. The maximum absolute atomic E-state index is 11.4. The van der Waals surface area contributed by atoms with Crippen LogP contribution in [0.5, 0.6) is 5.75 Å². The first-order chi connectivity index (χ1) is 9.22. The number of nitrogens with one attached hydrogen (secondary N) is 1. The van der Waals surface area contributed by atoms with Crippen LogP contribution in [0.15, 0.2) is 48.7 Å². The minimum Gasteiger partial charge on any atom is -0.496 e. The number of rotatable bonds is 4. The topological polar surface area (TPSA) is 51.2 Å². The van der Waals surface area contributed by atoms with E-state index in [4.69, 9.17) is 4.74 Å². The van der Waals surface area contributed by atoms with Gasteiger partial charge in [0.2, 0.25) is 5.91 Å². The fourth-order valence-electron chi connectivity index (χ4n) is 1.97. The van der Waals surface area contributed by atoms with Gasteiger partial charge in [-0.15, -0.1) is 0 Å². The molecule has 1 aromatic carbocycles. The highest BCUT2D eigenvalue weighted by molar-refractivity contribution is 5.74. The molecule has 1 heterocycles. The van der Waals surface area contributed by atoms with E-state index in [1.807, 2.05) is 42.5 Å². The molecule has 0 aliphatic heterocycles. The quantitative estimate of drug-likeness (QED) is 0.913. The average Bonchev–Trinajstić information content (AvgIpc) is 2.45. The van der Waals surface area contributed by atoms with Crippen LogP contribution in [-0.2, 0) is 4.79 Å². The number of amides is 1. The maximum Gasteiger partial charge on any atom is 0.217 e. The van der Waals surface area contributed by atoms with E-state index in [0.29, 0.717) is 0 Å². The van der Waals surface area contributed by atoms with Gasteiger partial charge in [0, 0.05) is 18.7 Å². The van der Waals surface area contributed by atoms with Gasteiger partial charge in [-0.05, 0) is 18.2 Å². The second-order valence-corrected chi connectivity index (χ2v) is 4.13. The van der Waals surface area contributed by atoms with Crippen molar-refractivity contribution < 1.29 is 9.53 Å². The number of carbonyl (C=O) groups excluding carboxylic acids is 1. The Morgan fingerprint density at radius 2 is 1.95 bits per heavy atom. The number of pyridine rings is 1. The summed E-state index contributed by atoms with van der Waals surface area (Å²) in [5.74, 6) is 0.619. The summed E-state index contributed by atoms with van der Waals surface area (Å²) in [4.78, 5) is 15.7. The van der Waals surface area contributed by atoms with E-state index in [-0.39, 0.29) is 11.9 Å². The predicted molar refractivity (Wildman–Crippen MR) is 72.9 cm³/mol. The van der Waals surface area contributed by atoms with Gasteiger partial charge < -0.3 is 10.1 Å². The number of para-hydroxylation sites is 1. The lowest BCUT2D eigenvalue weighted by molar-refractivity contribution is -0.119. The molecule has 0 saturated carbocycles. The first-order valence-electron chi connectivity index (χ1n) is 6.03. The molecule has 1 atom stereocenters. The van der Waals surface area contributed by atoms with Crippen molar-refractivity contribution in [1.29, 1.82) is 0 Å². The maximum atomic E-state index is 11.4. The van der Waals surface area contributed by atoms with Gasteiger partial charge in [0.05, 0.1) is 18.8 Å². The van der Waals surface area contributed by atoms with E-state index in [2.05, 4.69) is 10.3 Å². The van der Waals surface area contributed by atoms with E-state index in [1.54, 1.807) is 13.3 Å². The Kier molecular flexibility index (Phi) is 4.13. The summed E-state index contributed by atoms with van der Waals surface area (Å²) in [6.45, 7) is 1.49. The summed E-state index contributed by atoms with van der Waals surface area (Å²) >= 11 is 0. The van der Waals surface area contributed by atoms with Crippen molar-refractivity contribution in [3.63, 3.8) is 0 Å². The van der Waals surface area contributed by atoms with Gasteiger partial charge in [-0.25, -0.2) is 0 Å². The molecule has 2 aromatic rings. The molecule has 1 amide bonds. The highest BCUT2D eigenvalue weighted by Crippen LogP contribution is 2.28. The Balaban J connectivity index is 2.46. The molecule has 1 aromatic heterocycles. The summed E-state index contributed by atoms with van der Waals surface area (Å²) in [5.41, 5.74) is 1.67. The molecule has 0 radical (unpaired) electrons. The van der Waals surface area contributed by atoms with Crippen molar-refractivity contribution in [2.75, 3.05) is 7.11 Å². The van der Waals surface area contributed by atoms with Gasteiger partial charge in [0.15, 0.2) is 0 Å². The van der Waals surface area contributed by atoms with Gasteiger partial charge >= 0.3 is 0 Å². The van der Waals surface area contributed by atoms with Gasteiger partial charge in [0.25, 0.3) is 0 Å². The van der Waals surface area contributed by atoms with Crippen molar-refractivity contribution in [3.05, 3.63) is 59.9 Å². The molecule has 0 bridgehead atoms. The van der Waals surface area contributed by atoms with Crippen molar-refractivity contribution in [2.24, 2.45) is 0 Å². The van der Waals surface area contributed by atoms with Crippen LogP contribution in [0.4, 0.5) is 0 Å². The van der Waals surface area contributed by atoms with Crippen LogP contribution < -0.4 is 10.1 Å². The van der Waals surface area contributed by atoms with Crippen LogP contribution >= 0.6 is 0 Å². The summed E-state index contributed by atoms with van der Waals surface area (Å²) in [5, 5.41) is 2.91. The standard InChI is InChI=1S/C15H16N2O2/c1-11(18)17-15(13-8-5-6-10-16-13)12-7-3-4-9-14(12)19-2/h3-10,15H,1-2H3,(H,17,18). The number of hydrogen-bond donors (Lipinski definition) is 1. The summed E-state index contributed by atoms with van der Waals surface area (Å²) < 4.78 is 5.35. The molecule has 4 nitrogen and oxygen atoms in total. The lowest BCUT2D eigenvalue weighted by Gasteiger charge is -2.20. The van der Waals surface area contributed by atoms with E-state index >= 15 is 0 Å². The summed E-state index contributed by atoms with van der Waals surface area (Å²) in [6, 6.07) is 12.9. The van der Waals surface area contributed by atoms with Crippen LogP contribution in [0.25, 0.3) is 0 Å². The Bertz CT molecular complexity index is 555. The zero-order chi connectivity index (χ0) is 13.7. The Labute approximate surface area is 112 Å². The number of hydrogen-bond acceptors (Lipinski definition) is 3. The van der Waals surface area contributed by atoms with Crippen LogP contribution in [0.1, 0.15) is 24.2 Å². The summed E-state index contributed by atoms with van der Waals surface area (Å²) in [7, 11) is 1.61. The average molecular weight is 256 g/mol. The molecular formula is C15H16N2O2. The SMILES string of the molecule is COc1ccccc1C(NC(C)=O)c1ccccn1. The molecule has 4 heteroatoms. The molecule has 98 valence electrons. The number of nitrogens with zero attached hydrogens (tertiary/aromatic N) is 1. The van der Waals surface area contributed by atoms with Gasteiger partial charge in [-0.3, -0.25) is 9.78 Å². The van der Waals surface area contributed by atoms with E-state index in [0.717, 1.165) is 17.0 Å². The van der Waals surface area contributed by atoms with Gasteiger partial charge in [0.1, 0.15) is 5.75 Å². The molecule has 2 rings (SSSR count). The second kappa shape index (κ2) is 6.00. The third kappa shape index (κ3) is 3.10. The number of methoxy groups -OCH3 is 1. The van der Waals surface area contributed by atoms with E-state index in [9.17, 15) is 4.79 Å². The van der Waals surface area contributed by atoms with E-state index < -0.39 is 0 Å². The fourth-order valence-corrected chi connectivity index (χ4v) is 1.97. The molecule has 0 spiro atoms. The Morgan fingerprint density at radius 1 is 1.21 bits per heavy atom. The van der Waals surface area contributed by atoms with Crippen LogP contribution in [0, 0.1) is 0 Å². The second-order valence-electron chi connectivity index (χ2n) is 4.13. The predicted octanol–water partition coefficient (Wildman–Crippen LogP) is 2.32. The first-order valence-corrected chi connectivity index (χ1v) is 6.03.